The molecule has 0 heterocycles. The van der Waals surface area contributed by atoms with E-state index in [1.165, 1.54) is 0 Å². The molecule has 3 N–H and O–H groups in total. The van der Waals surface area contributed by atoms with E-state index in [0.29, 0.717) is 16.9 Å². The summed E-state index contributed by atoms with van der Waals surface area (Å²) in [5, 5.41) is 7.17. The zero-order chi connectivity index (χ0) is 19.2. The molecule has 0 aliphatic carbocycles. The van der Waals surface area contributed by atoms with Gasteiger partial charge in [-0.2, -0.15) is 13.2 Å². The topological polar surface area (TPSA) is 70.2 Å². The summed E-state index contributed by atoms with van der Waals surface area (Å²) in [4.78, 5) is 23.4. The summed E-state index contributed by atoms with van der Waals surface area (Å²) in [5.41, 5.74) is 2.64. The van der Waals surface area contributed by atoms with Crippen molar-refractivity contribution in [3.05, 3.63) is 59.7 Å². The molecule has 0 spiro atoms. The Labute approximate surface area is 148 Å². The fraction of sp³-hybridized carbons (Fsp3) is 0.222. The average Bonchev–Trinajstić information content (AvgIpc) is 2.56. The van der Waals surface area contributed by atoms with Crippen molar-refractivity contribution in [2.24, 2.45) is 0 Å². The van der Waals surface area contributed by atoms with Crippen LogP contribution in [0.3, 0.4) is 0 Å². The number of hydrogen-bond acceptors (Lipinski definition) is 2. The molecule has 0 fully saturated rings. The van der Waals surface area contributed by atoms with Gasteiger partial charge in [-0.3, -0.25) is 4.79 Å². The SMILES string of the molecule is Cc1ccccc1NC(=O)Nc1ccc(CC(=O)NCC(F)(F)F)cc1. The van der Waals surface area contributed by atoms with Gasteiger partial charge in [0.05, 0.1) is 6.42 Å². The summed E-state index contributed by atoms with van der Waals surface area (Å²) in [7, 11) is 0. The number of carbonyl (C=O) groups excluding carboxylic acids is 2. The van der Waals surface area contributed by atoms with Crippen molar-refractivity contribution in [3.63, 3.8) is 0 Å². The van der Waals surface area contributed by atoms with Crippen LogP contribution in [-0.4, -0.2) is 24.7 Å². The van der Waals surface area contributed by atoms with Crippen molar-refractivity contribution in [1.82, 2.24) is 5.32 Å². The average molecular weight is 365 g/mol. The zero-order valence-corrected chi connectivity index (χ0v) is 14.0. The molecule has 0 aliphatic rings. The molecule has 138 valence electrons. The lowest BCUT2D eigenvalue weighted by Crippen LogP contribution is -2.34. The van der Waals surface area contributed by atoms with Gasteiger partial charge in [0.15, 0.2) is 0 Å². The number of carbonyl (C=O) groups is 2. The van der Waals surface area contributed by atoms with Crippen molar-refractivity contribution in [2.45, 2.75) is 19.5 Å². The second-order valence-electron chi connectivity index (χ2n) is 5.66. The smallest absolute Gasteiger partial charge is 0.347 e. The van der Waals surface area contributed by atoms with Crippen LogP contribution >= 0.6 is 0 Å². The summed E-state index contributed by atoms with van der Waals surface area (Å²) >= 11 is 0. The normalized spacial score (nSPS) is 10.9. The lowest BCUT2D eigenvalue weighted by Gasteiger charge is -2.10. The van der Waals surface area contributed by atoms with Crippen LogP contribution in [0.25, 0.3) is 0 Å². The molecule has 8 heteroatoms. The van der Waals surface area contributed by atoms with Gasteiger partial charge in [-0.25, -0.2) is 4.79 Å². The van der Waals surface area contributed by atoms with Crippen LogP contribution in [0.1, 0.15) is 11.1 Å². The van der Waals surface area contributed by atoms with Crippen molar-refractivity contribution in [1.29, 1.82) is 0 Å². The zero-order valence-electron chi connectivity index (χ0n) is 14.0. The molecule has 26 heavy (non-hydrogen) atoms. The van der Waals surface area contributed by atoms with E-state index < -0.39 is 24.7 Å². The number of aryl methyl sites for hydroxylation is 1. The molecule has 0 saturated heterocycles. The first-order valence-electron chi connectivity index (χ1n) is 7.79. The molecule has 0 aromatic heterocycles. The summed E-state index contributed by atoms with van der Waals surface area (Å²) < 4.78 is 36.1. The minimum Gasteiger partial charge on any atom is -0.347 e. The number of alkyl halides is 3. The van der Waals surface area contributed by atoms with Crippen LogP contribution in [0.15, 0.2) is 48.5 Å². The maximum absolute atomic E-state index is 12.0. The molecule has 0 atom stereocenters. The van der Waals surface area contributed by atoms with E-state index in [9.17, 15) is 22.8 Å². The molecule has 0 radical (unpaired) electrons. The fourth-order valence-corrected chi connectivity index (χ4v) is 2.15. The lowest BCUT2D eigenvalue weighted by molar-refractivity contribution is -0.138. The van der Waals surface area contributed by atoms with Gasteiger partial charge in [-0.15, -0.1) is 0 Å². The summed E-state index contributed by atoms with van der Waals surface area (Å²) in [6, 6.07) is 13.2. The van der Waals surface area contributed by atoms with Crippen LogP contribution in [-0.2, 0) is 11.2 Å². The van der Waals surface area contributed by atoms with Crippen LogP contribution in [0.5, 0.6) is 0 Å². The Kier molecular flexibility index (Phi) is 6.21. The van der Waals surface area contributed by atoms with E-state index in [4.69, 9.17) is 0 Å². The largest absolute Gasteiger partial charge is 0.405 e. The first-order valence-corrected chi connectivity index (χ1v) is 7.79. The summed E-state index contributed by atoms with van der Waals surface area (Å²) in [5.74, 6) is -0.722. The van der Waals surface area contributed by atoms with Crippen molar-refractivity contribution >= 4 is 23.3 Å². The molecule has 2 aromatic carbocycles. The highest BCUT2D eigenvalue weighted by atomic mass is 19.4. The Morgan fingerprint density at radius 3 is 2.23 bits per heavy atom. The van der Waals surface area contributed by atoms with Gasteiger partial charge < -0.3 is 16.0 Å². The Bertz CT molecular complexity index is 774. The van der Waals surface area contributed by atoms with Gasteiger partial charge >= 0.3 is 12.2 Å². The van der Waals surface area contributed by atoms with Gasteiger partial charge in [-0.05, 0) is 36.2 Å². The van der Waals surface area contributed by atoms with Crippen molar-refractivity contribution in [3.8, 4) is 0 Å². The van der Waals surface area contributed by atoms with Crippen LogP contribution in [0.2, 0.25) is 0 Å². The minimum absolute atomic E-state index is 0.175. The standard InChI is InChI=1S/C18H18F3N3O2/c1-12-4-2-3-5-15(12)24-17(26)23-14-8-6-13(7-9-14)10-16(25)22-11-18(19,20)21/h2-9H,10-11H2,1H3,(H,22,25)(H2,23,24,26). The Morgan fingerprint density at radius 2 is 1.62 bits per heavy atom. The number of anilines is 2. The number of benzene rings is 2. The van der Waals surface area contributed by atoms with Crippen molar-refractivity contribution < 1.29 is 22.8 Å². The monoisotopic (exact) mass is 365 g/mol. The first-order chi connectivity index (χ1) is 12.2. The molecule has 0 unspecified atom stereocenters. The third kappa shape index (κ3) is 6.46. The molecular formula is C18H18F3N3O2. The van der Waals surface area contributed by atoms with Gasteiger partial charge in [0.2, 0.25) is 5.91 Å². The van der Waals surface area contributed by atoms with E-state index >= 15 is 0 Å². The number of para-hydroxylation sites is 1. The minimum atomic E-state index is -4.44. The highest BCUT2D eigenvalue weighted by molar-refractivity contribution is 6.00. The highest BCUT2D eigenvalue weighted by Crippen LogP contribution is 2.15. The third-order valence-electron chi connectivity index (χ3n) is 3.46. The second kappa shape index (κ2) is 8.37. The predicted octanol–water partition coefficient (Wildman–Crippen LogP) is 3.86. The number of amides is 3. The molecule has 5 nitrogen and oxygen atoms in total. The Hall–Kier alpha value is -3.03. The van der Waals surface area contributed by atoms with Crippen molar-refractivity contribution in [2.75, 3.05) is 17.2 Å². The second-order valence-corrected chi connectivity index (χ2v) is 5.66. The summed E-state index contributed by atoms with van der Waals surface area (Å²) in [6.07, 6.45) is -4.61. The van der Waals surface area contributed by atoms with E-state index in [-0.39, 0.29) is 6.42 Å². The molecule has 0 aliphatic heterocycles. The highest BCUT2D eigenvalue weighted by Gasteiger charge is 2.27. The maximum Gasteiger partial charge on any atom is 0.405 e. The van der Waals surface area contributed by atoms with Crippen LogP contribution in [0.4, 0.5) is 29.3 Å². The molecule has 2 rings (SSSR count). The van der Waals surface area contributed by atoms with Gasteiger partial charge in [0.25, 0.3) is 0 Å². The maximum atomic E-state index is 12.0. The van der Waals surface area contributed by atoms with Gasteiger partial charge in [0.1, 0.15) is 6.54 Å². The quantitative estimate of drug-likeness (QED) is 0.753. The van der Waals surface area contributed by atoms with Crippen LogP contribution in [0, 0.1) is 6.92 Å². The molecule has 0 saturated carbocycles. The Morgan fingerprint density at radius 1 is 0.962 bits per heavy atom. The van der Waals surface area contributed by atoms with Gasteiger partial charge in [0, 0.05) is 11.4 Å². The molecule has 3 amide bonds. The number of hydrogen-bond donors (Lipinski definition) is 3. The number of rotatable bonds is 5. The molecule has 0 bridgehead atoms. The van der Waals surface area contributed by atoms with E-state index in [1.54, 1.807) is 41.7 Å². The summed E-state index contributed by atoms with van der Waals surface area (Å²) in [6.45, 7) is 0.513. The van der Waals surface area contributed by atoms with E-state index in [1.807, 2.05) is 19.1 Å². The van der Waals surface area contributed by atoms with E-state index in [0.717, 1.165) is 5.56 Å². The lowest BCUT2D eigenvalue weighted by atomic mass is 10.1. The molecular weight excluding hydrogens is 347 g/mol. The number of nitrogens with one attached hydrogen (secondary N) is 3. The third-order valence-corrected chi connectivity index (χ3v) is 3.46. The van der Waals surface area contributed by atoms with Gasteiger partial charge in [-0.1, -0.05) is 30.3 Å². The molecule has 2 aromatic rings. The first kappa shape index (κ1) is 19.3. The number of urea groups is 1. The van der Waals surface area contributed by atoms with E-state index in [2.05, 4.69) is 10.6 Å². The fourth-order valence-electron chi connectivity index (χ4n) is 2.15. The predicted molar refractivity (Wildman–Crippen MR) is 93.0 cm³/mol. The number of halogens is 3. The van der Waals surface area contributed by atoms with Crippen LogP contribution < -0.4 is 16.0 Å². The Balaban J connectivity index is 1.86.